The molecule has 0 bridgehead atoms. The first-order valence-electron chi connectivity index (χ1n) is 12.9. The van der Waals surface area contributed by atoms with Gasteiger partial charge in [0.05, 0.1) is 25.7 Å². The third-order valence-corrected chi connectivity index (χ3v) is 8.40. The maximum Gasteiger partial charge on any atom is 0.187 e. The molecule has 1 aliphatic carbocycles. The highest BCUT2D eigenvalue weighted by Gasteiger charge is 2.46. The number of hydrogen-bond acceptors (Lipinski definition) is 7. The number of rotatable bonds is 7. The molecule has 0 spiro atoms. The molecule has 0 radical (unpaired) electrons. The zero-order valence-electron chi connectivity index (χ0n) is 21.6. The van der Waals surface area contributed by atoms with Gasteiger partial charge in [0.15, 0.2) is 17.3 Å². The van der Waals surface area contributed by atoms with E-state index in [-0.39, 0.29) is 5.41 Å². The molecule has 36 heavy (non-hydrogen) atoms. The standard InChI is InChI=1S/C28H38N6O2/c1-31-28(32-22-17-24(36-3)23(35-2)16-21(22)25(29)33-28)18-27(20-10-5-4-6-11-20)12-14-34(15-13-27)26(30)19-8-7-9-19/h4-6,10-11,16-17,19,30-32H,7-9,12-15,18H2,1-3H3,(H2,29,33). The SMILES string of the molecule is CNC1(CC2(c3ccccc3)CCN(C(=N)C3CCC3)CC2)N=C(N)c2cc(OC)c(OC)cc2N1. The average molecular weight is 491 g/mol. The molecule has 5 rings (SSSR count). The van der Waals surface area contributed by atoms with Crippen LogP contribution >= 0.6 is 0 Å². The van der Waals surface area contributed by atoms with E-state index in [1.165, 1.54) is 12.0 Å². The van der Waals surface area contributed by atoms with E-state index in [0.717, 1.165) is 62.3 Å². The molecule has 1 saturated heterocycles. The van der Waals surface area contributed by atoms with Crippen molar-refractivity contribution < 1.29 is 9.47 Å². The predicted molar refractivity (Wildman–Crippen MR) is 144 cm³/mol. The van der Waals surface area contributed by atoms with Crippen LogP contribution in [0.1, 0.15) is 49.7 Å². The molecule has 8 heteroatoms. The topological polar surface area (TPSA) is 108 Å². The number of likely N-dealkylation sites (tertiary alicyclic amines) is 1. The number of nitrogens with two attached hydrogens (primary N) is 1. The zero-order chi connectivity index (χ0) is 25.3. The molecule has 0 aromatic heterocycles. The summed E-state index contributed by atoms with van der Waals surface area (Å²) in [5.74, 6) is 2.23. The lowest BCUT2D eigenvalue weighted by Gasteiger charge is -2.49. The molecular formula is C28H38N6O2. The smallest absolute Gasteiger partial charge is 0.187 e. The zero-order valence-corrected chi connectivity index (χ0v) is 21.6. The van der Waals surface area contributed by atoms with Crippen LogP contribution < -0.4 is 25.8 Å². The lowest BCUT2D eigenvalue weighted by atomic mass is 9.68. The van der Waals surface area contributed by atoms with Crippen LogP contribution in [0.5, 0.6) is 11.5 Å². The van der Waals surface area contributed by atoms with Crippen molar-refractivity contribution >= 4 is 17.4 Å². The first-order valence-corrected chi connectivity index (χ1v) is 12.9. The fourth-order valence-corrected chi connectivity index (χ4v) is 5.97. The third kappa shape index (κ3) is 4.28. The van der Waals surface area contributed by atoms with Crippen molar-refractivity contribution in [3.8, 4) is 11.5 Å². The second-order valence-electron chi connectivity index (χ2n) is 10.3. The number of ether oxygens (including phenoxy) is 2. The fraction of sp³-hybridized carbons (Fsp3) is 0.500. The van der Waals surface area contributed by atoms with Crippen LogP contribution in [0, 0.1) is 11.3 Å². The van der Waals surface area contributed by atoms with Crippen molar-refractivity contribution in [2.75, 3.05) is 39.7 Å². The summed E-state index contributed by atoms with van der Waals surface area (Å²) in [5.41, 5.74) is 9.41. The van der Waals surface area contributed by atoms with E-state index in [0.29, 0.717) is 23.3 Å². The Morgan fingerprint density at radius 2 is 1.81 bits per heavy atom. The van der Waals surface area contributed by atoms with Crippen LogP contribution in [0.15, 0.2) is 47.5 Å². The van der Waals surface area contributed by atoms with Gasteiger partial charge in [-0.3, -0.25) is 10.7 Å². The van der Waals surface area contributed by atoms with Gasteiger partial charge in [-0.2, -0.15) is 0 Å². The number of benzene rings is 2. The number of methoxy groups -OCH3 is 2. The minimum atomic E-state index is -0.782. The summed E-state index contributed by atoms with van der Waals surface area (Å²) in [6.07, 6.45) is 6.19. The second-order valence-corrected chi connectivity index (χ2v) is 10.3. The van der Waals surface area contributed by atoms with E-state index in [2.05, 4.69) is 45.9 Å². The van der Waals surface area contributed by atoms with Gasteiger partial charge in [0.2, 0.25) is 0 Å². The van der Waals surface area contributed by atoms with Crippen molar-refractivity contribution in [1.82, 2.24) is 10.2 Å². The van der Waals surface area contributed by atoms with E-state index in [4.69, 9.17) is 25.6 Å². The second kappa shape index (κ2) is 9.65. The molecule has 1 saturated carbocycles. The van der Waals surface area contributed by atoms with Gasteiger partial charge in [0, 0.05) is 42.5 Å². The van der Waals surface area contributed by atoms with Crippen LogP contribution in [0.3, 0.4) is 0 Å². The molecule has 2 heterocycles. The molecule has 5 N–H and O–H groups in total. The largest absolute Gasteiger partial charge is 0.493 e. The molecular weight excluding hydrogens is 452 g/mol. The number of fused-ring (bicyclic) bond motifs is 1. The molecule has 2 fully saturated rings. The van der Waals surface area contributed by atoms with Gasteiger partial charge in [-0.1, -0.05) is 36.8 Å². The number of anilines is 1. The molecule has 0 amide bonds. The number of amidine groups is 2. The van der Waals surface area contributed by atoms with Crippen LogP contribution in [0.25, 0.3) is 0 Å². The molecule has 8 nitrogen and oxygen atoms in total. The molecule has 2 aromatic carbocycles. The van der Waals surface area contributed by atoms with E-state index >= 15 is 0 Å². The van der Waals surface area contributed by atoms with E-state index in [9.17, 15) is 0 Å². The maximum absolute atomic E-state index is 8.72. The predicted octanol–water partition coefficient (Wildman–Crippen LogP) is 3.91. The highest BCUT2D eigenvalue weighted by atomic mass is 16.5. The Hall–Kier alpha value is -3.26. The van der Waals surface area contributed by atoms with Crippen LogP contribution in [0.2, 0.25) is 0 Å². The summed E-state index contributed by atoms with van der Waals surface area (Å²) in [7, 11) is 5.18. The molecule has 1 unspecified atom stereocenters. The van der Waals surface area contributed by atoms with Gasteiger partial charge < -0.3 is 25.4 Å². The summed E-state index contributed by atoms with van der Waals surface area (Å²) in [6.45, 7) is 1.76. The Bertz CT molecular complexity index is 1140. The van der Waals surface area contributed by atoms with Crippen LogP contribution in [-0.4, -0.2) is 56.7 Å². The third-order valence-electron chi connectivity index (χ3n) is 8.40. The van der Waals surface area contributed by atoms with Gasteiger partial charge in [0.25, 0.3) is 0 Å². The first-order chi connectivity index (χ1) is 17.4. The number of nitrogens with one attached hydrogen (secondary N) is 3. The van der Waals surface area contributed by atoms with Crippen molar-refractivity contribution in [2.24, 2.45) is 16.6 Å². The summed E-state index contributed by atoms with van der Waals surface area (Å²) in [4.78, 5) is 7.29. The van der Waals surface area contributed by atoms with Gasteiger partial charge in [-0.15, -0.1) is 0 Å². The number of hydrogen-bond donors (Lipinski definition) is 4. The van der Waals surface area contributed by atoms with E-state index < -0.39 is 5.79 Å². The fourth-order valence-electron chi connectivity index (χ4n) is 5.97. The Morgan fingerprint density at radius 1 is 1.14 bits per heavy atom. The minimum absolute atomic E-state index is 0.120. The number of piperidine rings is 1. The normalized spacial score (nSPS) is 23.1. The molecule has 1 atom stereocenters. The quantitative estimate of drug-likeness (QED) is 0.346. The Morgan fingerprint density at radius 3 is 2.39 bits per heavy atom. The average Bonchev–Trinajstić information content (AvgIpc) is 2.88. The van der Waals surface area contributed by atoms with Crippen molar-refractivity contribution in [2.45, 2.75) is 49.7 Å². The van der Waals surface area contributed by atoms with Crippen LogP contribution in [0.4, 0.5) is 5.69 Å². The highest BCUT2D eigenvalue weighted by Crippen LogP contribution is 2.45. The number of nitrogens with zero attached hydrogens (tertiary/aromatic N) is 2. The van der Waals surface area contributed by atoms with Gasteiger partial charge >= 0.3 is 0 Å². The lowest BCUT2D eigenvalue weighted by molar-refractivity contribution is 0.165. The molecule has 3 aliphatic rings. The summed E-state index contributed by atoms with van der Waals surface area (Å²) >= 11 is 0. The van der Waals surface area contributed by atoms with Crippen LogP contribution in [-0.2, 0) is 5.41 Å². The van der Waals surface area contributed by atoms with Gasteiger partial charge in [0.1, 0.15) is 5.84 Å². The van der Waals surface area contributed by atoms with Gasteiger partial charge in [-0.05, 0) is 44.4 Å². The first kappa shape index (κ1) is 24.4. The molecule has 2 aliphatic heterocycles. The summed E-state index contributed by atoms with van der Waals surface area (Å²) in [6, 6.07) is 14.6. The molecule has 2 aromatic rings. The summed E-state index contributed by atoms with van der Waals surface area (Å²) < 4.78 is 11.0. The van der Waals surface area contributed by atoms with E-state index in [1.807, 2.05) is 19.2 Å². The monoisotopic (exact) mass is 490 g/mol. The maximum atomic E-state index is 8.72. The summed E-state index contributed by atoms with van der Waals surface area (Å²) in [5, 5.41) is 15.8. The number of aliphatic imine (C=N–C) groups is 1. The Kier molecular flexibility index (Phi) is 6.55. The van der Waals surface area contributed by atoms with Gasteiger partial charge in [-0.25, -0.2) is 4.99 Å². The molecule has 192 valence electrons. The van der Waals surface area contributed by atoms with E-state index in [1.54, 1.807) is 14.2 Å². The van der Waals surface area contributed by atoms with Crippen molar-refractivity contribution in [1.29, 1.82) is 5.41 Å². The lowest BCUT2D eigenvalue weighted by Crippen LogP contribution is -2.58. The Balaban J connectivity index is 1.47. The minimum Gasteiger partial charge on any atom is -0.493 e. The Labute approximate surface area is 213 Å². The van der Waals surface area contributed by atoms with Crippen molar-refractivity contribution in [3.05, 3.63) is 53.6 Å². The highest BCUT2D eigenvalue weighted by molar-refractivity contribution is 6.05. The van der Waals surface area contributed by atoms with Crippen molar-refractivity contribution in [3.63, 3.8) is 0 Å².